The summed E-state index contributed by atoms with van der Waals surface area (Å²) < 4.78 is 5.47. The third kappa shape index (κ3) is 5.23. The van der Waals surface area contributed by atoms with E-state index in [0.717, 1.165) is 64.6 Å². The maximum absolute atomic E-state index is 13.3. The van der Waals surface area contributed by atoms with Crippen LogP contribution >= 0.6 is 0 Å². The molecule has 0 bridgehead atoms. The van der Waals surface area contributed by atoms with Gasteiger partial charge in [-0.3, -0.25) is 4.79 Å². The van der Waals surface area contributed by atoms with E-state index in [1.165, 1.54) is 5.56 Å². The molecular formula is C26H33N3O3. The maximum Gasteiger partial charge on any atom is 0.322 e. The van der Waals surface area contributed by atoms with Crippen molar-refractivity contribution in [2.24, 2.45) is 0 Å². The minimum absolute atomic E-state index is 0.0133. The average Bonchev–Trinajstić information content (AvgIpc) is 3.38. The SMILES string of the molecule is COc1ccc(C(=O)N2CCCC2)cc1NC(=O)N1CCCC[C@@H]1CCc1ccccc1. The van der Waals surface area contributed by atoms with Crippen LogP contribution in [0.2, 0.25) is 0 Å². The molecule has 4 rings (SSSR count). The highest BCUT2D eigenvalue weighted by Crippen LogP contribution is 2.29. The van der Waals surface area contributed by atoms with Crippen LogP contribution in [-0.4, -0.2) is 54.5 Å². The largest absolute Gasteiger partial charge is 0.495 e. The van der Waals surface area contributed by atoms with Crippen LogP contribution in [0.25, 0.3) is 0 Å². The highest BCUT2D eigenvalue weighted by molar-refractivity contribution is 5.98. The standard InChI is InChI=1S/C26H33N3O3/c1-32-24-15-13-21(25(30)28-16-7-8-17-28)19-23(24)27-26(31)29-18-6-5-11-22(29)14-12-20-9-3-2-4-10-20/h2-4,9-10,13,15,19,22H,5-8,11-12,14,16-18H2,1H3,(H,27,31)/t22-/m1/s1. The van der Waals surface area contributed by atoms with Gasteiger partial charge in [-0.05, 0) is 68.7 Å². The summed E-state index contributed by atoms with van der Waals surface area (Å²) in [5.74, 6) is 0.577. The monoisotopic (exact) mass is 435 g/mol. The van der Waals surface area contributed by atoms with Gasteiger partial charge in [-0.1, -0.05) is 30.3 Å². The number of nitrogens with one attached hydrogen (secondary N) is 1. The van der Waals surface area contributed by atoms with Crippen LogP contribution in [0.4, 0.5) is 10.5 Å². The summed E-state index contributed by atoms with van der Waals surface area (Å²) in [6.07, 6.45) is 7.17. The number of aryl methyl sites for hydroxylation is 1. The molecular weight excluding hydrogens is 402 g/mol. The zero-order chi connectivity index (χ0) is 22.3. The summed E-state index contributed by atoms with van der Waals surface area (Å²) >= 11 is 0. The van der Waals surface area contributed by atoms with E-state index >= 15 is 0 Å². The van der Waals surface area contributed by atoms with Gasteiger partial charge >= 0.3 is 6.03 Å². The summed E-state index contributed by atoms with van der Waals surface area (Å²) in [5, 5.41) is 3.04. The van der Waals surface area contributed by atoms with Crippen molar-refractivity contribution in [1.29, 1.82) is 0 Å². The second-order valence-electron chi connectivity index (χ2n) is 8.71. The number of carbonyl (C=O) groups is 2. The Morgan fingerprint density at radius 3 is 2.50 bits per heavy atom. The molecule has 6 heteroatoms. The third-order valence-corrected chi connectivity index (χ3v) is 6.58. The van der Waals surface area contributed by atoms with E-state index in [-0.39, 0.29) is 18.0 Å². The van der Waals surface area contributed by atoms with Crippen LogP contribution in [-0.2, 0) is 6.42 Å². The Kier molecular flexibility index (Phi) is 7.30. The number of likely N-dealkylation sites (tertiary alicyclic amines) is 2. The molecule has 1 atom stereocenters. The van der Waals surface area contributed by atoms with Gasteiger partial charge in [0, 0.05) is 31.2 Å². The molecule has 2 aliphatic rings. The second-order valence-corrected chi connectivity index (χ2v) is 8.71. The molecule has 2 aliphatic heterocycles. The van der Waals surface area contributed by atoms with E-state index in [1.54, 1.807) is 25.3 Å². The minimum atomic E-state index is -0.119. The van der Waals surface area contributed by atoms with E-state index in [9.17, 15) is 9.59 Å². The number of benzene rings is 2. The smallest absolute Gasteiger partial charge is 0.322 e. The number of piperidine rings is 1. The fourth-order valence-corrected chi connectivity index (χ4v) is 4.77. The lowest BCUT2D eigenvalue weighted by Gasteiger charge is -2.36. The Hall–Kier alpha value is -3.02. The first-order valence-electron chi connectivity index (χ1n) is 11.7. The zero-order valence-electron chi connectivity index (χ0n) is 18.9. The highest BCUT2D eigenvalue weighted by atomic mass is 16.5. The lowest BCUT2D eigenvalue weighted by molar-refractivity contribution is 0.0792. The summed E-state index contributed by atoms with van der Waals surface area (Å²) in [7, 11) is 1.58. The van der Waals surface area contributed by atoms with Gasteiger partial charge in [0.15, 0.2) is 0 Å². The Morgan fingerprint density at radius 1 is 1.00 bits per heavy atom. The minimum Gasteiger partial charge on any atom is -0.495 e. The molecule has 2 aromatic carbocycles. The van der Waals surface area contributed by atoms with E-state index < -0.39 is 0 Å². The predicted molar refractivity (Wildman–Crippen MR) is 126 cm³/mol. The van der Waals surface area contributed by atoms with Gasteiger partial charge < -0.3 is 19.9 Å². The lowest BCUT2D eigenvalue weighted by atomic mass is 9.96. The van der Waals surface area contributed by atoms with E-state index in [4.69, 9.17) is 4.74 Å². The molecule has 6 nitrogen and oxygen atoms in total. The first-order valence-corrected chi connectivity index (χ1v) is 11.7. The van der Waals surface area contributed by atoms with Gasteiger partial charge in [-0.2, -0.15) is 0 Å². The van der Waals surface area contributed by atoms with Gasteiger partial charge in [0.25, 0.3) is 5.91 Å². The number of amides is 3. The lowest BCUT2D eigenvalue weighted by Crippen LogP contribution is -2.46. The number of methoxy groups -OCH3 is 1. The quantitative estimate of drug-likeness (QED) is 0.698. The third-order valence-electron chi connectivity index (χ3n) is 6.58. The molecule has 2 aromatic rings. The number of hydrogen-bond acceptors (Lipinski definition) is 3. The molecule has 32 heavy (non-hydrogen) atoms. The Labute approximate surface area is 190 Å². The number of ether oxygens (including phenoxy) is 1. The van der Waals surface area contributed by atoms with Crippen molar-refractivity contribution >= 4 is 17.6 Å². The molecule has 0 radical (unpaired) electrons. The zero-order valence-corrected chi connectivity index (χ0v) is 18.9. The van der Waals surface area contributed by atoms with Gasteiger partial charge in [0.1, 0.15) is 5.75 Å². The molecule has 0 aromatic heterocycles. The van der Waals surface area contributed by atoms with Crippen molar-refractivity contribution in [1.82, 2.24) is 9.80 Å². The van der Waals surface area contributed by atoms with E-state index in [0.29, 0.717) is 17.0 Å². The van der Waals surface area contributed by atoms with Gasteiger partial charge in [0.05, 0.1) is 12.8 Å². The summed E-state index contributed by atoms with van der Waals surface area (Å²) in [6.45, 7) is 2.34. The van der Waals surface area contributed by atoms with Crippen LogP contribution in [0.1, 0.15) is 54.4 Å². The van der Waals surface area contributed by atoms with Crippen LogP contribution < -0.4 is 10.1 Å². The molecule has 0 saturated carbocycles. The number of nitrogens with zero attached hydrogens (tertiary/aromatic N) is 2. The van der Waals surface area contributed by atoms with E-state index in [2.05, 4.69) is 29.6 Å². The van der Waals surface area contributed by atoms with Crippen molar-refractivity contribution < 1.29 is 14.3 Å². The number of anilines is 1. The topological polar surface area (TPSA) is 61.9 Å². The van der Waals surface area contributed by atoms with Crippen molar-refractivity contribution in [3.05, 3.63) is 59.7 Å². The van der Waals surface area contributed by atoms with Crippen LogP contribution in [0, 0.1) is 0 Å². The molecule has 3 amide bonds. The summed E-state index contributed by atoms with van der Waals surface area (Å²) in [4.78, 5) is 29.9. The van der Waals surface area contributed by atoms with Crippen molar-refractivity contribution in [2.45, 2.75) is 51.0 Å². The molecule has 170 valence electrons. The molecule has 1 N–H and O–H groups in total. The Bertz CT molecular complexity index is 925. The van der Waals surface area contributed by atoms with Gasteiger partial charge in [-0.15, -0.1) is 0 Å². The van der Waals surface area contributed by atoms with Crippen LogP contribution in [0.15, 0.2) is 48.5 Å². The number of carbonyl (C=O) groups excluding carboxylic acids is 2. The Morgan fingerprint density at radius 2 is 1.75 bits per heavy atom. The fraction of sp³-hybridized carbons (Fsp3) is 0.462. The predicted octanol–water partition coefficient (Wildman–Crippen LogP) is 4.95. The number of hydrogen-bond donors (Lipinski definition) is 1. The molecule has 2 saturated heterocycles. The molecule has 2 heterocycles. The number of rotatable bonds is 6. The molecule has 0 spiro atoms. The highest BCUT2D eigenvalue weighted by Gasteiger charge is 2.27. The number of urea groups is 1. The first-order chi connectivity index (χ1) is 15.7. The molecule has 0 aliphatic carbocycles. The van der Waals surface area contributed by atoms with Crippen molar-refractivity contribution in [2.75, 3.05) is 32.1 Å². The second kappa shape index (κ2) is 10.5. The molecule has 2 fully saturated rings. The fourth-order valence-electron chi connectivity index (χ4n) is 4.77. The first kappa shape index (κ1) is 22.2. The average molecular weight is 436 g/mol. The van der Waals surface area contributed by atoms with Gasteiger partial charge in [-0.25, -0.2) is 4.79 Å². The van der Waals surface area contributed by atoms with Crippen molar-refractivity contribution in [3.8, 4) is 5.75 Å². The van der Waals surface area contributed by atoms with Crippen LogP contribution in [0.5, 0.6) is 5.75 Å². The summed E-state index contributed by atoms with van der Waals surface area (Å²) in [5.41, 5.74) is 2.44. The molecule has 0 unspecified atom stereocenters. The van der Waals surface area contributed by atoms with E-state index in [1.807, 2.05) is 15.9 Å². The maximum atomic E-state index is 13.3. The summed E-state index contributed by atoms with van der Waals surface area (Å²) in [6, 6.07) is 15.8. The van der Waals surface area contributed by atoms with Crippen molar-refractivity contribution in [3.63, 3.8) is 0 Å². The van der Waals surface area contributed by atoms with Crippen LogP contribution in [0.3, 0.4) is 0 Å². The van der Waals surface area contributed by atoms with Gasteiger partial charge in [0.2, 0.25) is 0 Å². The normalized spacial score (nSPS) is 18.5. The Balaban J connectivity index is 1.46.